The molecule has 1 fully saturated rings. The van der Waals surface area contributed by atoms with Gasteiger partial charge in [-0.2, -0.15) is 0 Å². The number of aliphatic hydroxyl groups is 1. The molecule has 0 bridgehead atoms. The maximum Gasteiger partial charge on any atom is 0.0721 e. The molecule has 2 heteroatoms. The van der Waals surface area contributed by atoms with Crippen LogP contribution in [0.4, 0.5) is 0 Å². The van der Waals surface area contributed by atoms with E-state index in [2.05, 4.69) is 43.0 Å². The van der Waals surface area contributed by atoms with Gasteiger partial charge in [0.05, 0.1) is 6.10 Å². The molecule has 100 valence electrons. The van der Waals surface area contributed by atoms with E-state index < -0.39 is 0 Å². The molecule has 1 N–H and O–H groups in total. The third-order valence-corrected chi connectivity index (χ3v) is 4.29. The molecule has 0 aromatic heterocycles. The van der Waals surface area contributed by atoms with Crippen molar-refractivity contribution in [3.05, 3.63) is 35.9 Å². The van der Waals surface area contributed by atoms with Crippen molar-refractivity contribution in [3.63, 3.8) is 0 Å². The summed E-state index contributed by atoms with van der Waals surface area (Å²) in [4.78, 5) is 2.43. The van der Waals surface area contributed by atoms with E-state index in [0.717, 1.165) is 25.9 Å². The lowest BCUT2D eigenvalue weighted by molar-refractivity contribution is -0.00163. The van der Waals surface area contributed by atoms with Crippen molar-refractivity contribution in [1.82, 2.24) is 4.90 Å². The molecule has 1 saturated heterocycles. The van der Waals surface area contributed by atoms with Crippen molar-refractivity contribution in [2.24, 2.45) is 0 Å². The number of nitrogens with zero attached hydrogens (tertiary/aromatic N) is 1. The number of hydrogen-bond donors (Lipinski definition) is 1. The van der Waals surface area contributed by atoms with E-state index in [-0.39, 0.29) is 11.6 Å². The third kappa shape index (κ3) is 3.12. The second-order valence-electron chi connectivity index (χ2n) is 5.89. The van der Waals surface area contributed by atoms with Crippen LogP contribution in [0.5, 0.6) is 0 Å². The molecule has 0 aliphatic carbocycles. The van der Waals surface area contributed by atoms with Crippen LogP contribution in [0, 0.1) is 0 Å². The van der Waals surface area contributed by atoms with Gasteiger partial charge in [-0.1, -0.05) is 30.3 Å². The van der Waals surface area contributed by atoms with E-state index in [4.69, 9.17) is 0 Å². The minimum atomic E-state index is -0.254. The fourth-order valence-electron chi connectivity index (χ4n) is 2.81. The van der Waals surface area contributed by atoms with Crippen molar-refractivity contribution >= 4 is 0 Å². The summed E-state index contributed by atoms with van der Waals surface area (Å²) in [5, 5.41) is 10.5. The normalized spacial score (nSPS) is 19.1. The highest BCUT2D eigenvalue weighted by Crippen LogP contribution is 2.26. The lowest BCUT2D eigenvalue weighted by atomic mass is 9.90. The highest BCUT2D eigenvalue weighted by molar-refractivity contribution is 5.15. The Kier molecular flexibility index (Phi) is 4.41. The van der Waals surface area contributed by atoms with Gasteiger partial charge in [0.1, 0.15) is 0 Å². The van der Waals surface area contributed by atoms with Gasteiger partial charge in [-0.05, 0) is 58.2 Å². The van der Waals surface area contributed by atoms with Gasteiger partial charge in [0.2, 0.25) is 0 Å². The topological polar surface area (TPSA) is 23.5 Å². The zero-order valence-corrected chi connectivity index (χ0v) is 11.6. The largest absolute Gasteiger partial charge is 0.391 e. The van der Waals surface area contributed by atoms with Crippen LogP contribution in [0.15, 0.2) is 30.3 Å². The summed E-state index contributed by atoms with van der Waals surface area (Å²) in [5.41, 5.74) is 1.22. The Hall–Kier alpha value is -0.860. The van der Waals surface area contributed by atoms with Crippen LogP contribution in [0.1, 0.15) is 38.7 Å². The van der Waals surface area contributed by atoms with E-state index in [1.165, 1.54) is 18.4 Å². The van der Waals surface area contributed by atoms with Gasteiger partial charge in [-0.15, -0.1) is 0 Å². The molecule has 0 amide bonds. The Morgan fingerprint density at radius 1 is 1.17 bits per heavy atom. The fourth-order valence-corrected chi connectivity index (χ4v) is 2.81. The molecule has 2 rings (SSSR count). The number of hydrogen-bond acceptors (Lipinski definition) is 2. The van der Waals surface area contributed by atoms with Crippen LogP contribution in [-0.2, 0) is 6.42 Å². The zero-order valence-electron chi connectivity index (χ0n) is 11.6. The summed E-state index contributed by atoms with van der Waals surface area (Å²) >= 11 is 0. The summed E-state index contributed by atoms with van der Waals surface area (Å²) in [6.07, 6.45) is 4.09. The monoisotopic (exact) mass is 247 g/mol. The van der Waals surface area contributed by atoms with Crippen molar-refractivity contribution in [3.8, 4) is 0 Å². The fraction of sp³-hybridized carbons (Fsp3) is 0.625. The van der Waals surface area contributed by atoms with Crippen LogP contribution in [0.25, 0.3) is 0 Å². The SMILES string of the molecule is CC(C)(C(O)CCc1ccccc1)N1CCCC1. The zero-order chi connectivity index (χ0) is 13.0. The number of aliphatic hydroxyl groups excluding tert-OH is 1. The van der Waals surface area contributed by atoms with Gasteiger partial charge in [-0.3, -0.25) is 4.90 Å². The Bertz CT molecular complexity index is 355. The maximum absolute atomic E-state index is 10.5. The van der Waals surface area contributed by atoms with E-state index in [1.54, 1.807) is 0 Å². The Balaban J connectivity index is 1.88. The minimum absolute atomic E-state index is 0.0920. The second kappa shape index (κ2) is 5.85. The van der Waals surface area contributed by atoms with Crippen molar-refractivity contribution in [2.45, 2.75) is 51.2 Å². The van der Waals surface area contributed by atoms with E-state index in [9.17, 15) is 5.11 Å². The molecule has 2 nitrogen and oxygen atoms in total. The van der Waals surface area contributed by atoms with Crippen molar-refractivity contribution < 1.29 is 5.11 Å². The van der Waals surface area contributed by atoms with E-state index in [0.29, 0.717) is 0 Å². The number of rotatable bonds is 5. The van der Waals surface area contributed by atoms with E-state index >= 15 is 0 Å². The van der Waals surface area contributed by atoms with Gasteiger partial charge >= 0.3 is 0 Å². The molecular formula is C16H25NO. The molecule has 0 radical (unpaired) electrons. The quantitative estimate of drug-likeness (QED) is 0.865. The smallest absolute Gasteiger partial charge is 0.0721 e. The number of likely N-dealkylation sites (tertiary alicyclic amines) is 1. The molecule has 1 aliphatic rings. The number of aryl methyl sites for hydroxylation is 1. The maximum atomic E-state index is 10.5. The van der Waals surface area contributed by atoms with Crippen LogP contribution in [0.3, 0.4) is 0 Å². The summed E-state index contributed by atoms with van der Waals surface area (Å²) in [6, 6.07) is 10.4. The molecule has 18 heavy (non-hydrogen) atoms. The average molecular weight is 247 g/mol. The summed E-state index contributed by atoms with van der Waals surface area (Å²) < 4.78 is 0. The van der Waals surface area contributed by atoms with E-state index in [1.807, 2.05) is 6.07 Å². The first-order chi connectivity index (χ1) is 8.60. The second-order valence-corrected chi connectivity index (χ2v) is 5.89. The predicted molar refractivity (Wildman–Crippen MR) is 75.7 cm³/mol. The molecule has 1 heterocycles. The van der Waals surface area contributed by atoms with Gasteiger partial charge in [-0.25, -0.2) is 0 Å². The molecule has 0 spiro atoms. The van der Waals surface area contributed by atoms with Gasteiger partial charge in [0, 0.05) is 5.54 Å². The minimum Gasteiger partial charge on any atom is -0.391 e. The number of benzene rings is 1. The molecule has 1 atom stereocenters. The third-order valence-electron chi connectivity index (χ3n) is 4.29. The van der Waals surface area contributed by atoms with Crippen LogP contribution in [0.2, 0.25) is 0 Å². The van der Waals surface area contributed by atoms with Gasteiger partial charge < -0.3 is 5.11 Å². The molecule has 0 saturated carbocycles. The summed E-state index contributed by atoms with van der Waals surface area (Å²) in [6.45, 7) is 6.62. The first-order valence-corrected chi connectivity index (χ1v) is 7.08. The van der Waals surface area contributed by atoms with Crippen molar-refractivity contribution in [2.75, 3.05) is 13.1 Å². The molecule has 1 aromatic rings. The summed E-state index contributed by atoms with van der Waals surface area (Å²) in [5.74, 6) is 0. The van der Waals surface area contributed by atoms with Crippen LogP contribution in [-0.4, -0.2) is 34.7 Å². The van der Waals surface area contributed by atoms with Crippen molar-refractivity contribution in [1.29, 1.82) is 0 Å². The van der Waals surface area contributed by atoms with Gasteiger partial charge in [0.15, 0.2) is 0 Å². The molecule has 1 aromatic carbocycles. The Morgan fingerprint density at radius 3 is 2.39 bits per heavy atom. The predicted octanol–water partition coefficient (Wildman–Crippen LogP) is 2.85. The average Bonchev–Trinajstić information content (AvgIpc) is 2.91. The Morgan fingerprint density at radius 2 is 1.78 bits per heavy atom. The summed E-state index contributed by atoms with van der Waals surface area (Å²) in [7, 11) is 0. The first kappa shape index (κ1) is 13.6. The highest BCUT2D eigenvalue weighted by Gasteiger charge is 2.35. The van der Waals surface area contributed by atoms with Gasteiger partial charge in [0.25, 0.3) is 0 Å². The molecular weight excluding hydrogens is 222 g/mol. The first-order valence-electron chi connectivity index (χ1n) is 7.08. The molecule has 1 unspecified atom stereocenters. The highest BCUT2D eigenvalue weighted by atomic mass is 16.3. The Labute approximate surface area is 111 Å². The lowest BCUT2D eigenvalue weighted by Gasteiger charge is -2.39. The van der Waals surface area contributed by atoms with Crippen LogP contribution < -0.4 is 0 Å². The standard InChI is InChI=1S/C16H25NO/c1-16(2,17-12-6-7-13-17)15(18)11-10-14-8-4-3-5-9-14/h3-5,8-9,15,18H,6-7,10-13H2,1-2H3. The van der Waals surface area contributed by atoms with Crippen LogP contribution >= 0.6 is 0 Å². The lowest BCUT2D eigenvalue weighted by Crippen LogP contribution is -2.51. The molecule has 1 aliphatic heterocycles.